The molecule has 18 heavy (non-hydrogen) atoms. The van der Waals surface area contributed by atoms with E-state index in [1.54, 1.807) is 12.4 Å². The maximum Gasteiger partial charge on any atom is 0.147 e. The SMILES string of the molecule is CC(CO)N(C)c1snc(N)c1-c1cccnc1. The van der Waals surface area contributed by atoms with Crippen molar-refractivity contribution in [1.29, 1.82) is 0 Å². The third-order valence-corrected chi connectivity index (χ3v) is 3.85. The third-order valence-electron chi connectivity index (χ3n) is 2.90. The van der Waals surface area contributed by atoms with Gasteiger partial charge >= 0.3 is 0 Å². The molecule has 6 heteroatoms. The van der Waals surface area contributed by atoms with E-state index in [1.165, 1.54) is 11.5 Å². The second-order valence-corrected chi connectivity index (χ2v) is 4.88. The summed E-state index contributed by atoms with van der Waals surface area (Å²) in [6, 6.07) is 3.83. The molecule has 2 aromatic heterocycles. The molecular formula is C12H16N4OS. The van der Waals surface area contributed by atoms with Gasteiger partial charge in [0.2, 0.25) is 0 Å². The largest absolute Gasteiger partial charge is 0.394 e. The number of anilines is 2. The summed E-state index contributed by atoms with van der Waals surface area (Å²) in [4.78, 5) is 6.08. The zero-order chi connectivity index (χ0) is 13.1. The van der Waals surface area contributed by atoms with Gasteiger partial charge in [0.25, 0.3) is 0 Å². The highest BCUT2D eigenvalue weighted by Crippen LogP contribution is 2.38. The first kappa shape index (κ1) is 12.8. The van der Waals surface area contributed by atoms with E-state index in [2.05, 4.69) is 9.36 Å². The highest BCUT2D eigenvalue weighted by molar-refractivity contribution is 7.11. The Hall–Kier alpha value is -1.66. The van der Waals surface area contributed by atoms with Crippen LogP contribution in [0.15, 0.2) is 24.5 Å². The molecule has 2 heterocycles. The number of nitrogens with zero attached hydrogens (tertiary/aromatic N) is 3. The first-order valence-corrected chi connectivity index (χ1v) is 6.41. The first-order valence-electron chi connectivity index (χ1n) is 5.64. The summed E-state index contributed by atoms with van der Waals surface area (Å²) in [5.74, 6) is 0.500. The Balaban J connectivity index is 2.45. The van der Waals surface area contributed by atoms with E-state index in [1.807, 2.05) is 31.0 Å². The van der Waals surface area contributed by atoms with Crippen molar-refractivity contribution in [2.75, 3.05) is 24.3 Å². The van der Waals surface area contributed by atoms with Gasteiger partial charge in [0.15, 0.2) is 0 Å². The van der Waals surface area contributed by atoms with Gasteiger partial charge < -0.3 is 15.7 Å². The van der Waals surface area contributed by atoms with Gasteiger partial charge in [-0.25, -0.2) is 0 Å². The lowest BCUT2D eigenvalue weighted by atomic mass is 10.1. The number of pyridine rings is 1. The fourth-order valence-electron chi connectivity index (χ4n) is 1.64. The van der Waals surface area contributed by atoms with Crippen LogP contribution in [0.5, 0.6) is 0 Å². The summed E-state index contributed by atoms with van der Waals surface area (Å²) >= 11 is 1.33. The Morgan fingerprint density at radius 1 is 1.56 bits per heavy atom. The summed E-state index contributed by atoms with van der Waals surface area (Å²) in [7, 11) is 1.92. The summed E-state index contributed by atoms with van der Waals surface area (Å²) in [5, 5.41) is 10.2. The maximum absolute atomic E-state index is 9.23. The molecule has 5 nitrogen and oxygen atoms in total. The second-order valence-electron chi connectivity index (χ2n) is 4.13. The minimum Gasteiger partial charge on any atom is -0.394 e. The van der Waals surface area contributed by atoms with Crippen LogP contribution in [0.3, 0.4) is 0 Å². The summed E-state index contributed by atoms with van der Waals surface area (Å²) in [6.45, 7) is 2.03. The molecular weight excluding hydrogens is 248 g/mol. The number of hydrogen-bond donors (Lipinski definition) is 2. The minimum atomic E-state index is 0.0141. The highest BCUT2D eigenvalue weighted by Gasteiger charge is 2.19. The zero-order valence-electron chi connectivity index (χ0n) is 10.4. The fraction of sp³-hybridized carbons (Fsp3) is 0.333. The standard InChI is InChI=1S/C12H16N4OS/c1-8(7-17)16(2)12-10(11(13)15-18-12)9-4-3-5-14-6-9/h3-6,8,17H,7H2,1-2H3,(H2,13,15). The minimum absolute atomic E-state index is 0.0141. The molecule has 0 aliphatic heterocycles. The second kappa shape index (κ2) is 5.32. The molecule has 1 unspecified atom stereocenters. The molecule has 0 saturated heterocycles. The van der Waals surface area contributed by atoms with Gasteiger partial charge in [-0.2, -0.15) is 4.37 Å². The lowest BCUT2D eigenvalue weighted by molar-refractivity contribution is 0.270. The molecule has 2 rings (SSSR count). The summed E-state index contributed by atoms with van der Waals surface area (Å²) in [6.07, 6.45) is 3.49. The smallest absolute Gasteiger partial charge is 0.147 e. The lowest BCUT2D eigenvalue weighted by Gasteiger charge is -2.24. The van der Waals surface area contributed by atoms with Gasteiger partial charge in [0.1, 0.15) is 10.8 Å². The van der Waals surface area contributed by atoms with Gasteiger partial charge in [0, 0.05) is 31.0 Å². The van der Waals surface area contributed by atoms with Crippen LogP contribution in [-0.4, -0.2) is 34.2 Å². The van der Waals surface area contributed by atoms with Crippen molar-refractivity contribution in [2.24, 2.45) is 0 Å². The van der Waals surface area contributed by atoms with Crippen LogP contribution in [0.1, 0.15) is 6.92 Å². The predicted octanol–water partition coefficient (Wildman–Crippen LogP) is 1.60. The number of likely N-dealkylation sites (N-methyl/N-ethyl adjacent to an activating group) is 1. The molecule has 0 spiro atoms. The predicted molar refractivity (Wildman–Crippen MR) is 74.7 cm³/mol. The fourth-order valence-corrected chi connectivity index (χ4v) is 2.54. The molecule has 2 aromatic rings. The maximum atomic E-state index is 9.23. The van der Waals surface area contributed by atoms with Crippen molar-refractivity contribution < 1.29 is 5.11 Å². The molecule has 0 aromatic carbocycles. The molecule has 96 valence electrons. The Kier molecular flexibility index (Phi) is 3.78. The van der Waals surface area contributed by atoms with Gasteiger partial charge in [-0.3, -0.25) is 4.98 Å². The number of aliphatic hydroxyl groups excluding tert-OH is 1. The number of aliphatic hydroxyl groups is 1. The van der Waals surface area contributed by atoms with Crippen molar-refractivity contribution in [2.45, 2.75) is 13.0 Å². The van der Waals surface area contributed by atoms with Crippen molar-refractivity contribution in [3.05, 3.63) is 24.5 Å². The molecule has 0 aliphatic rings. The van der Waals surface area contributed by atoms with Gasteiger partial charge in [-0.1, -0.05) is 6.07 Å². The average Bonchev–Trinajstić information content (AvgIpc) is 2.79. The number of hydrogen-bond acceptors (Lipinski definition) is 6. The molecule has 0 amide bonds. The lowest BCUT2D eigenvalue weighted by Crippen LogP contribution is -2.31. The number of nitrogen functional groups attached to an aromatic ring is 1. The Morgan fingerprint density at radius 2 is 2.33 bits per heavy atom. The van der Waals surface area contributed by atoms with Crippen LogP contribution in [0, 0.1) is 0 Å². The average molecular weight is 264 g/mol. The van der Waals surface area contributed by atoms with E-state index >= 15 is 0 Å². The van der Waals surface area contributed by atoms with Crippen LogP contribution in [0.4, 0.5) is 10.8 Å². The molecule has 3 N–H and O–H groups in total. The molecule has 0 saturated carbocycles. The van der Waals surface area contributed by atoms with E-state index in [4.69, 9.17) is 5.73 Å². The van der Waals surface area contributed by atoms with E-state index < -0.39 is 0 Å². The van der Waals surface area contributed by atoms with Gasteiger partial charge in [-0.15, -0.1) is 0 Å². The van der Waals surface area contributed by atoms with Crippen molar-refractivity contribution in [3.63, 3.8) is 0 Å². The number of nitrogens with two attached hydrogens (primary N) is 1. The third kappa shape index (κ3) is 2.30. The van der Waals surface area contributed by atoms with Gasteiger partial charge in [0.05, 0.1) is 12.2 Å². The Labute approximate surface area is 110 Å². The van der Waals surface area contributed by atoms with Crippen LogP contribution >= 0.6 is 11.5 Å². The quantitative estimate of drug-likeness (QED) is 0.877. The number of aromatic nitrogens is 2. The normalized spacial score (nSPS) is 12.4. The summed E-state index contributed by atoms with van der Waals surface area (Å²) < 4.78 is 4.20. The topological polar surface area (TPSA) is 75.3 Å². The number of rotatable bonds is 4. The Morgan fingerprint density at radius 3 is 2.94 bits per heavy atom. The monoisotopic (exact) mass is 264 g/mol. The molecule has 1 atom stereocenters. The Bertz CT molecular complexity index is 514. The van der Waals surface area contributed by atoms with Gasteiger partial charge in [-0.05, 0) is 24.5 Å². The summed E-state index contributed by atoms with van der Waals surface area (Å²) in [5.41, 5.74) is 7.76. The van der Waals surface area contributed by atoms with Crippen LogP contribution < -0.4 is 10.6 Å². The van der Waals surface area contributed by atoms with E-state index in [0.717, 1.165) is 16.1 Å². The van der Waals surface area contributed by atoms with Crippen LogP contribution in [-0.2, 0) is 0 Å². The van der Waals surface area contributed by atoms with Crippen LogP contribution in [0.25, 0.3) is 11.1 Å². The van der Waals surface area contributed by atoms with E-state index in [-0.39, 0.29) is 12.6 Å². The highest BCUT2D eigenvalue weighted by atomic mass is 32.1. The van der Waals surface area contributed by atoms with Crippen LogP contribution in [0.2, 0.25) is 0 Å². The van der Waals surface area contributed by atoms with E-state index in [0.29, 0.717) is 5.82 Å². The van der Waals surface area contributed by atoms with Crippen molar-refractivity contribution in [3.8, 4) is 11.1 Å². The van der Waals surface area contributed by atoms with Crippen molar-refractivity contribution in [1.82, 2.24) is 9.36 Å². The molecule has 0 bridgehead atoms. The molecule has 0 aliphatic carbocycles. The van der Waals surface area contributed by atoms with E-state index in [9.17, 15) is 5.11 Å². The molecule has 0 fully saturated rings. The zero-order valence-corrected chi connectivity index (χ0v) is 11.2. The van der Waals surface area contributed by atoms with Crippen molar-refractivity contribution >= 4 is 22.4 Å². The first-order chi connectivity index (χ1) is 8.65. The molecule has 0 radical (unpaired) electrons.